The third-order valence-electron chi connectivity index (χ3n) is 7.77. The molecule has 188 valence electrons. The van der Waals surface area contributed by atoms with Gasteiger partial charge in [0.15, 0.2) is 5.01 Å². The average Bonchev–Trinajstić information content (AvgIpc) is 3.58. The molecule has 4 aromatic heterocycles. The highest BCUT2D eigenvalue weighted by Gasteiger charge is 2.42. The number of aliphatic hydroxyl groups is 1. The Labute approximate surface area is 217 Å². The van der Waals surface area contributed by atoms with Crippen LogP contribution in [0, 0.1) is 23.2 Å². The number of nitriles is 1. The van der Waals surface area contributed by atoms with E-state index in [2.05, 4.69) is 38.5 Å². The molecule has 0 spiro atoms. The molecule has 2 saturated heterocycles. The monoisotopic (exact) mass is 514 g/mol. The summed E-state index contributed by atoms with van der Waals surface area (Å²) in [4.78, 5) is 7.06. The molecular formula is C26H26N8O2S. The van der Waals surface area contributed by atoms with Crippen molar-refractivity contribution >= 4 is 27.7 Å². The summed E-state index contributed by atoms with van der Waals surface area (Å²) >= 11 is 1.56. The zero-order chi connectivity index (χ0) is 25.1. The van der Waals surface area contributed by atoms with E-state index in [1.54, 1.807) is 22.0 Å². The Bertz CT molecular complexity index is 1520. The van der Waals surface area contributed by atoms with Crippen LogP contribution in [0.1, 0.15) is 25.3 Å². The van der Waals surface area contributed by atoms with E-state index in [0.717, 1.165) is 64.2 Å². The third-order valence-corrected chi connectivity index (χ3v) is 8.79. The summed E-state index contributed by atoms with van der Waals surface area (Å²) in [6.45, 7) is 5.03. The molecule has 4 aromatic rings. The topological polar surface area (TPSA) is 124 Å². The standard InChI is InChI=1S/C26H26N8O2S/c1-26(13-36-14-26)30-20-7-21(22-5-4-18-6-15(8-27)9-29-34(18)22)28-10-19(20)24-31-32-25(37-24)33-11-16-2-3-17(12-33)23(16)35/h4-7,9-10,16-17,23,35H,2-3,11-14H2,1H3,(H,28,30)/t16-,17+,23+. The number of nitrogens with one attached hydrogen (secondary N) is 1. The number of rotatable bonds is 5. The molecule has 1 aliphatic carbocycles. The minimum atomic E-state index is -0.187. The lowest BCUT2D eigenvalue weighted by Crippen LogP contribution is -2.53. The summed E-state index contributed by atoms with van der Waals surface area (Å²) in [7, 11) is 0. The maximum atomic E-state index is 10.4. The number of hydrogen-bond acceptors (Lipinski definition) is 10. The summed E-state index contributed by atoms with van der Waals surface area (Å²) in [5.74, 6) is 0.634. The zero-order valence-corrected chi connectivity index (χ0v) is 21.1. The van der Waals surface area contributed by atoms with Crippen molar-refractivity contribution in [1.82, 2.24) is 24.8 Å². The van der Waals surface area contributed by atoms with Gasteiger partial charge in [0.2, 0.25) is 5.13 Å². The van der Waals surface area contributed by atoms with Crippen molar-refractivity contribution in [3.05, 3.63) is 42.2 Å². The summed E-state index contributed by atoms with van der Waals surface area (Å²) in [5, 5.41) is 38.5. The minimum Gasteiger partial charge on any atom is -0.392 e. The minimum absolute atomic E-state index is 0.176. The summed E-state index contributed by atoms with van der Waals surface area (Å²) < 4.78 is 7.28. The second-order valence-corrected chi connectivity index (χ2v) is 11.5. The quantitative estimate of drug-likeness (QED) is 0.413. The molecule has 6 heterocycles. The van der Waals surface area contributed by atoms with Gasteiger partial charge in [-0.1, -0.05) is 11.3 Å². The van der Waals surface area contributed by atoms with Crippen LogP contribution in [0.2, 0.25) is 0 Å². The van der Waals surface area contributed by atoms with Crippen LogP contribution in [-0.4, -0.2) is 67.8 Å². The normalized spacial score (nSPS) is 24.1. The van der Waals surface area contributed by atoms with Crippen molar-refractivity contribution in [3.8, 4) is 28.0 Å². The molecule has 0 amide bonds. The molecule has 0 aromatic carbocycles. The fourth-order valence-corrected chi connectivity index (χ4v) is 6.62. The highest BCUT2D eigenvalue weighted by Crippen LogP contribution is 2.42. The van der Waals surface area contributed by atoms with E-state index in [1.807, 2.05) is 30.5 Å². The first kappa shape index (κ1) is 22.6. The van der Waals surface area contributed by atoms with Crippen molar-refractivity contribution in [1.29, 1.82) is 5.26 Å². The SMILES string of the molecule is CC1(Nc2cc(-c3ccc4cc(C#N)cnn34)ncc2-c2nnc(N3C[C@H]4CC[C@@H](C3)[C@H]4O)s2)COC1. The second-order valence-electron chi connectivity index (χ2n) is 10.6. The average molecular weight is 515 g/mol. The van der Waals surface area contributed by atoms with Crippen molar-refractivity contribution in [2.45, 2.75) is 31.4 Å². The van der Waals surface area contributed by atoms with E-state index in [9.17, 15) is 10.4 Å². The van der Waals surface area contributed by atoms with Gasteiger partial charge in [0.1, 0.15) is 6.07 Å². The summed E-state index contributed by atoms with van der Waals surface area (Å²) in [5.41, 5.74) is 4.58. The van der Waals surface area contributed by atoms with Gasteiger partial charge in [-0.25, -0.2) is 4.52 Å². The van der Waals surface area contributed by atoms with Gasteiger partial charge in [0.05, 0.1) is 59.1 Å². The predicted molar refractivity (Wildman–Crippen MR) is 139 cm³/mol. The number of hydrogen-bond donors (Lipinski definition) is 2. The lowest BCUT2D eigenvalue weighted by atomic mass is 9.96. The van der Waals surface area contributed by atoms with Crippen molar-refractivity contribution in [2.75, 3.05) is 36.5 Å². The molecule has 2 bridgehead atoms. The van der Waals surface area contributed by atoms with Crippen LogP contribution in [0.3, 0.4) is 0 Å². The van der Waals surface area contributed by atoms with Crippen LogP contribution in [0.5, 0.6) is 0 Å². The number of ether oxygens (including phenoxy) is 1. The maximum absolute atomic E-state index is 10.4. The maximum Gasteiger partial charge on any atom is 0.208 e. The molecule has 3 atom stereocenters. The van der Waals surface area contributed by atoms with E-state index in [4.69, 9.17) is 9.72 Å². The summed E-state index contributed by atoms with van der Waals surface area (Å²) in [6, 6.07) is 9.88. The van der Waals surface area contributed by atoms with Crippen molar-refractivity contribution < 1.29 is 9.84 Å². The Hall–Kier alpha value is -3.59. The summed E-state index contributed by atoms with van der Waals surface area (Å²) in [6.07, 6.45) is 5.38. The first-order chi connectivity index (χ1) is 18.0. The first-order valence-corrected chi connectivity index (χ1v) is 13.3. The van der Waals surface area contributed by atoms with E-state index in [1.165, 1.54) is 0 Å². The second kappa shape index (κ2) is 8.48. The molecule has 3 fully saturated rings. The molecule has 0 unspecified atom stereocenters. The highest BCUT2D eigenvalue weighted by molar-refractivity contribution is 7.18. The van der Waals surface area contributed by atoms with Crippen LogP contribution >= 0.6 is 11.3 Å². The first-order valence-electron chi connectivity index (χ1n) is 12.5. The van der Waals surface area contributed by atoms with Gasteiger partial charge in [-0.2, -0.15) is 10.4 Å². The number of aliphatic hydroxyl groups excluding tert-OH is 1. The molecule has 3 aliphatic rings. The Morgan fingerprint density at radius 1 is 1.16 bits per heavy atom. The van der Waals surface area contributed by atoms with E-state index in [-0.39, 0.29) is 11.6 Å². The van der Waals surface area contributed by atoms with Gasteiger partial charge in [0.25, 0.3) is 0 Å². The highest BCUT2D eigenvalue weighted by atomic mass is 32.1. The third kappa shape index (κ3) is 3.83. The number of anilines is 2. The number of nitrogens with zero attached hydrogens (tertiary/aromatic N) is 7. The van der Waals surface area contributed by atoms with Gasteiger partial charge in [-0.05, 0) is 44.0 Å². The molecule has 10 nitrogen and oxygen atoms in total. The van der Waals surface area contributed by atoms with Crippen molar-refractivity contribution in [2.24, 2.45) is 11.8 Å². The molecule has 2 aliphatic heterocycles. The smallest absolute Gasteiger partial charge is 0.208 e. The van der Waals surface area contributed by atoms with E-state index >= 15 is 0 Å². The molecule has 0 radical (unpaired) electrons. The molecular weight excluding hydrogens is 488 g/mol. The van der Waals surface area contributed by atoms with Gasteiger partial charge in [-0.15, -0.1) is 10.2 Å². The van der Waals surface area contributed by atoms with Crippen LogP contribution in [0.4, 0.5) is 10.8 Å². The largest absolute Gasteiger partial charge is 0.392 e. The number of fused-ring (bicyclic) bond motifs is 3. The van der Waals surface area contributed by atoms with Gasteiger partial charge in [0, 0.05) is 36.8 Å². The Morgan fingerprint density at radius 2 is 1.97 bits per heavy atom. The molecule has 1 saturated carbocycles. The van der Waals surface area contributed by atoms with Crippen LogP contribution in [-0.2, 0) is 4.74 Å². The Morgan fingerprint density at radius 3 is 2.70 bits per heavy atom. The fourth-order valence-electron chi connectivity index (χ4n) is 5.73. The lowest BCUT2D eigenvalue weighted by molar-refractivity contribution is -0.0318. The van der Waals surface area contributed by atoms with Crippen molar-refractivity contribution in [3.63, 3.8) is 0 Å². The van der Waals surface area contributed by atoms with E-state index in [0.29, 0.717) is 30.6 Å². The zero-order valence-electron chi connectivity index (χ0n) is 20.3. The van der Waals surface area contributed by atoms with Gasteiger partial charge < -0.3 is 20.1 Å². The van der Waals surface area contributed by atoms with Gasteiger partial charge in [-0.3, -0.25) is 4.98 Å². The van der Waals surface area contributed by atoms with Gasteiger partial charge >= 0.3 is 0 Å². The number of piperidine rings is 1. The predicted octanol–water partition coefficient (Wildman–Crippen LogP) is 3.19. The fraction of sp³-hybridized carbons (Fsp3) is 0.423. The van der Waals surface area contributed by atoms with E-state index < -0.39 is 0 Å². The molecule has 37 heavy (non-hydrogen) atoms. The molecule has 2 N–H and O–H groups in total. The van der Waals surface area contributed by atoms with Crippen LogP contribution in [0.15, 0.2) is 36.7 Å². The number of aromatic nitrogens is 5. The lowest BCUT2D eigenvalue weighted by Gasteiger charge is -2.40. The van der Waals surface area contributed by atoms with Crippen LogP contribution < -0.4 is 10.2 Å². The Balaban J connectivity index is 1.25. The Kier molecular flexibility index (Phi) is 5.18. The molecule has 11 heteroatoms. The number of pyridine rings is 1. The van der Waals surface area contributed by atoms with Crippen LogP contribution in [0.25, 0.3) is 27.5 Å². The molecule has 7 rings (SSSR count).